The van der Waals surface area contributed by atoms with Gasteiger partial charge in [-0.1, -0.05) is 0 Å². The molecule has 0 aromatic carbocycles. The number of carbonyl (C=O) groups excluding carboxylic acids is 2. The lowest BCUT2D eigenvalue weighted by Crippen LogP contribution is -2.45. The fourth-order valence-corrected chi connectivity index (χ4v) is 4.56. The second kappa shape index (κ2) is 8.55. The Morgan fingerprint density at radius 3 is 2.57 bits per heavy atom. The lowest BCUT2D eigenvalue weighted by molar-refractivity contribution is -0.135. The Bertz CT molecular complexity index is 931. The van der Waals surface area contributed by atoms with Crippen LogP contribution in [0.5, 0.6) is 0 Å². The number of aryl methyl sites for hydroxylation is 2. The van der Waals surface area contributed by atoms with Crippen LogP contribution in [0, 0.1) is 12.8 Å². The SMILES string of the molecule is Cc1cc(-c2cnn(C)c2)cc(C2CCN(CC(=O)N3CCC(C(N)=O)CC3)C2)n1. The predicted octanol–water partition coefficient (Wildman–Crippen LogP) is 1.30. The Morgan fingerprint density at radius 1 is 1.13 bits per heavy atom. The number of amides is 2. The van der Waals surface area contributed by atoms with Crippen molar-refractivity contribution in [3.05, 3.63) is 35.9 Å². The van der Waals surface area contributed by atoms with E-state index in [1.807, 2.05) is 31.3 Å². The van der Waals surface area contributed by atoms with Gasteiger partial charge in [0.05, 0.1) is 12.7 Å². The first kappa shape index (κ1) is 20.5. The summed E-state index contributed by atoms with van der Waals surface area (Å²) in [6.07, 6.45) is 6.24. The van der Waals surface area contributed by atoms with E-state index in [0.717, 1.165) is 42.0 Å². The largest absolute Gasteiger partial charge is 0.369 e. The molecule has 2 aromatic rings. The molecule has 8 heteroatoms. The number of aromatic nitrogens is 3. The number of hydrogen-bond donors (Lipinski definition) is 1. The number of nitrogens with zero attached hydrogens (tertiary/aromatic N) is 5. The van der Waals surface area contributed by atoms with Gasteiger partial charge in [-0.2, -0.15) is 5.10 Å². The Labute approximate surface area is 177 Å². The highest BCUT2D eigenvalue weighted by Crippen LogP contribution is 2.30. The minimum Gasteiger partial charge on any atom is -0.369 e. The number of nitrogens with two attached hydrogens (primary N) is 1. The van der Waals surface area contributed by atoms with Crippen LogP contribution in [0.2, 0.25) is 0 Å². The highest BCUT2D eigenvalue weighted by molar-refractivity contribution is 5.80. The number of likely N-dealkylation sites (tertiary alicyclic amines) is 2. The average molecular weight is 411 g/mol. The van der Waals surface area contributed by atoms with Crippen LogP contribution in [0.3, 0.4) is 0 Å². The summed E-state index contributed by atoms with van der Waals surface area (Å²) in [6.45, 7) is 5.43. The van der Waals surface area contributed by atoms with Crippen LogP contribution in [-0.2, 0) is 16.6 Å². The number of rotatable bonds is 5. The third-order valence-corrected chi connectivity index (χ3v) is 6.31. The Morgan fingerprint density at radius 2 is 1.90 bits per heavy atom. The monoisotopic (exact) mass is 410 g/mol. The van der Waals surface area contributed by atoms with Crippen LogP contribution in [-0.4, -0.2) is 69.1 Å². The maximum Gasteiger partial charge on any atom is 0.236 e. The van der Waals surface area contributed by atoms with Crippen molar-refractivity contribution in [2.45, 2.75) is 32.1 Å². The van der Waals surface area contributed by atoms with Gasteiger partial charge in [-0.3, -0.25) is 24.2 Å². The Hall–Kier alpha value is -2.74. The molecule has 2 aliphatic rings. The molecule has 2 aliphatic heterocycles. The summed E-state index contributed by atoms with van der Waals surface area (Å²) < 4.78 is 1.81. The van der Waals surface area contributed by atoms with E-state index in [-0.39, 0.29) is 17.7 Å². The zero-order valence-electron chi connectivity index (χ0n) is 17.8. The average Bonchev–Trinajstić information content (AvgIpc) is 3.37. The molecule has 2 saturated heterocycles. The number of hydrogen-bond acceptors (Lipinski definition) is 5. The first-order valence-electron chi connectivity index (χ1n) is 10.7. The van der Waals surface area contributed by atoms with E-state index in [1.54, 1.807) is 4.68 Å². The topological polar surface area (TPSA) is 97.4 Å². The molecule has 8 nitrogen and oxygen atoms in total. The molecule has 1 atom stereocenters. The standard InChI is InChI=1S/C22H30N6O2/c1-15-9-18(19-11-24-26(2)12-19)10-20(25-15)17-3-6-27(13-17)14-21(29)28-7-4-16(5-8-28)22(23)30/h9-12,16-17H,3-8,13-14H2,1-2H3,(H2,23,30). The van der Waals surface area contributed by atoms with E-state index < -0.39 is 0 Å². The lowest BCUT2D eigenvalue weighted by Gasteiger charge is -2.31. The van der Waals surface area contributed by atoms with Crippen LogP contribution in [0.25, 0.3) is 11.1 Å². The smallest absolute Gasteiger partial charge is 0.236 e. The molecule has 0 saturated carbocycles. The number of pyridine rings is 1. The van der Waals surface area contributed by atoms with E-state index in [2.05, 4.69) is 22.1 Å². The highest BCUT2D eigenvalue weighted by Gasteiger charge is 2.30. The van der Waals surface area contributed by atoms with Gasteiger partial charge in [0.15, 0.2) is 0 Å². The van der Waals surface area contributed by atoms with Crippen molar-refractivity contribution in [1.29, 1.82) is 0 Å². The van der Waals surface area contributed by atoms with Gasteiger partial charge in [-0.05, 0) is 50.4 Å². The van der Waals surface area contributed by atoms with Gasteiger partial charge in [0, 0.05) is 61.7 Å². The van der Waals surface area contributed by atoms with E-state index in [9.17, 15) is 9.59 Å². The van der Waals surface area contributed by atoms with Crippen molar-refractivity contribution in [2.24, 2.45) is 18.7 Å². The van der Waals surface area contributed by atoms with Crippen LogP contribution >= 0.6 is 0 Å². The maximum absolute atomic E-state index is 12.7. The summed E-state index contributed by atoms with van der Waals surface area (Å²) in [5.41, 5.74) is 9.70. The van der Waals surface area contributed by atoms with Crippen molar-refractivity contribution in [1.82, 2.24) is 24.6 Å². The van der Waals surface area contributed by atoms with E-state index in [1.165, 1.54) is 0 Å². The molecular formula is C22H30N6O2. The molecule has 0 radical (unpaired) electrons. The minimum absolute atomic E-state index is 0.0911. The second-order valence-electron chi connectivity index (χ2n) is 8.60. The second-order valence-corrected chi connectivity index (χ2v) is 8.60. The zero-order chi connectivity index (χ0) is 21.3. The first-order valence-corrected chi connectivity index (χ1v) is 10.7. The lowest BCUT2D eigenvalue weighted by atomic mass is 9.96. The Balaban J connectivity index is 1.36. The highest BCUT2D eigenvalue weighted by atomic mass is 16.2. The zero-order valence-corrected chi connectivity index (χ0v) is 17.8. The molecule has 0 bridgehead atoms. The molecule has 0 spiro atoms. The van der Waals surface area contributed by atoms with Crippen LogP contribution < -0.4 is 5.73 Å². The third kappa shape index (κ3) is 4.53. The molecule has 2 amide bonds. The Kier molecular flexibility index (Phi) is 5.85. The predicted molar refractivity (Wildman–Crippen MR) is 113 cm³/mol. The van der Waals surface area contributed by atoms with E-state index in [0.29, 0.717) is 38.4 Å². The van der Waals surface area contributed by atoms with Crippen molar-refractivity contribution in [2.75, 3.05) is 32.7 Å². The summed E-state index contributed by atoms with van der Waals surface area (Å²) >= 11 is 0. The summed E-state index contributed by atoms with van der Waals surface area (Å²) in [5.74, 6) is 0.132. The summed E-state index contributed by atoms with van der Waals surface area (Å²) in [6, 6.07) is 4.25. The number of primary amides is 1. The fraction of sp³-hybridized carbons (Fsp3) is 0.545. The number of carbonyl (C=O) groups is 2. The quantitative estimate of drug-likeness (QED) is 0.801. The molecule has 2 N–H and O–H groups in total. The van der Waals surface area contributed by atoms with Crippen molar-refractivity contribution >= 4 is 11.8 Å². The molecule has 30 heavy (non-hydrogen) atoms. The molecule has 160 valence electrons. The van der Waals surface area contributed by atoms with Gasteiger partial charge in [-0.25, -0.2) is 0 Å². The van der Waals surface area contributed by atoms with E-state index in [4.69, 9.17) is 10.7 Å². The van der Waals surface area contributed by atoms with Gasteiger partial charge in [0.2, 0.25) is 11.8 Å². The first-order chi connectivity index (χ1) is 14.4. The van der Waals surface area contributed by atoms with Gasteiger partial charge in [0.1, 0.15) is 0 Å². The number of piperidine rings is 1. The molecule has 4 rings (SSSR count). The molecule has 2 fully saturated rings. The van der Waals surface area contributed by atoms with Gasteiger partial charge in [0.25, 0.3) is 0 Å². The minimum atomic E-state index is -0.249. The van der Waals surface area contributed by atoms with Gasteiger partial charge < -0.3 is 10.6 Å². The molecule has 1 unspecified atom stereocenters. The van der Waals surface area contributed by atoms with Crippen LogP contribution in [0.1, 0.15) is 36.6 Å². The van der Waals surface area contributed by atoms with Crippen molar-refractivity contribution < 1.29 is 9.59 Å². The molecule has 0 aliphatic carbocycles. The maximum atomic E-state index is 12.7. The van der Waals surface area contributed by atoms with Crippen molar-refractivity contribution in [3.8, 4) is 11.1 Å². The molecular weight excluding hydrogens is 380 g/mol. The van der Waals surface area contributed by atoms with Gasteiger partial charge in [-0.15, -0.1) is 0 Å². The van der Waals surface area contributed by atoms with Crippen LogP contribution in [0.4, 0.5) is 0 Å². The molecule has 4 heterocycles. The third-order valence-electron chi connectivity index (χ3n) is 6.31. The van der Waals surface area contributed by atoms with Crippen LogP contribution in [0.15, 0.2) is 24.5 Å². The molecule has 2 aromatic heterocycles. The van der Waals surface area contributed by atoms with Gasteiger partial charge >= 0.3 is 0 Å². The van der Waals surface area contributed by atoms with Crippen molar-refractivity contribution in [3.63, 3.8) is 0 Å². The summed E-state index contributed by atoms with van der Waals surface area (Å²) in [4.78, 5) is 32.9. The summed E-state index contributed by atoms with van der Waals surface area (Å²) in [5, 5.41) is 4.27. The normalized spacial score (nSPS) is 20.6. The summed E-state index contributed by atoms with van der Waals surface area (Å²) in [7, 11) is 1.92. The fourth-order valence-electron chi connectivity index (χ4n) is 4.56. The van der Waals surface area contributed by atoms with E-state index >= 15 is 0 Å².